The summed E-state index contributed by atoms with van der Waals surface area (Å²) >= 11 is 5.70. The lowest BCUT2D eigenvalue weighted by Crippen LogP contribution is -2.35. The third-order valence-corrected chi connectivity index (χ3v) is 2.62. The number of carboxylic acids is 1. The van der Waals surface area contributed by atoms with Crippen molar-refractivity contribution in [1.29, 1.82) is 0 Å². The molecule has 0 aliphatic carbocycles. The predicted molar refractivity (Wildman–Crippen MR) is 57.1 cm³/mol. The van der Waals surface area contributed by atoms with Gasteiger partial charge in [0.1, 0.15) is 11.8 Å². The van der Waals surface area contributed by atoms with Gasteiger partial charge in [-0.05, 0) is 17.7 Å². The van der Waals surface area contributed by atoms with Crippen LogP contribution in [0.25, 0.3) is 0 Å². The summed E-state index contributed by atoms with van der Waals surface area (Å²) < 4.78 is 0. The second-order valence-electron chi connectivity index (χ2n) is 3.36. The number of nitrogens with two attached hydrogens (primary N) is 1. The minimum Gasteiger partial charge on any atom is -0.506 e. The fraction of sp³-hybridized carbons (Fsp3) is 0.300. The Morgan fingerprint density at radius 1 is 1.53 bits per heavy atom. The van der Waals surface area contributed by atoms with Gasteiger partial charge in [0.2, 0.25) is 0 Å². The summed E-state index contributed by atoms with van der Waals surface area (Å²) in [6.07, 6.45) is 0. The van der Waals surface area contributed by atoms with Crippen molar-refractivity contribution >= 4 is 17.6 Å². The van der Waals surface area contributed by atoms with Crippen molar-refractivity contribution in [3.05, 3.63) is 28.8 Å². The number of carboxylic acid groups (broad SMARTS) is 1. The number of phenolic OH excluding ortho intramolecular Hbond substituents is 1. The minimum atomic E-state index is -1.06. The monoisotopic (exact) mass is 229 g/mol. The van der Waals surface area contributed by atoms with Crippen LogP contribution in [0.4, 0.5) is 0 Å². The minimum absolute atomic E-state index is 0.0310. The summed E-state index contributed by atoms with van der Waals surface area (Å²) in [5.74, 6) is -1.45. The van der Waals surface area contributed by atoms with Crippen molar-refractivity contribution in [3.8, 4) is 5.75 Å². The second kappa shape index (κ2) is 4.51. The molecule has 0 radical (unpaired) electrons. The molecular weight excluding hydrogens is 218 g/mol. The summed E-state index contributed by atoms with van der Waals surface area (Å²) in [5, 5.41) is 18.1. The Labute approximate surface area is 92.3 Å². The Bertz CT molecular complexity index is 381. The Hall–Kier alpha value is -1.26. The smallest absolute Gasteiger partial charge is 0.321 e. The van der Waals surface area contributed by atoms with Crippen LogP contribution >= 0.6 is 11.6 Å². The number of aromatic hydroxyl groups is 1. The molecule has 4 N–H and O–H groups in total. The van der Waals surface area contributed by atoms with Crippen molar-refractivity contribution in [2.45, 2.75) is 18.9 Å². The lowest BCUT2D eigenvalue weighted by Gasteiger charge is -2.16. The molecule has 0 saturated heterocycles. The molecule has 82 valence electrons. The largest absolute Gasteiger partial charge is 0.506 e. The highest BCUT2D eigenvalue weighted by Gasteiger charge is 2.21. The zero-order valence-corrected chi connectivity index (χ0v) is 8.90. The van der Waals surface area contributed by atoms with Crippen molar-refractivity contribution < 1.29 is 15.0 Å². The van der Waals surface area contributed by atoms with E-state index in [0.29, 0.717) is 5.56 Å². The van der Waals surface area contributed by atoms with Gasteiger partial charge in [0, 0.05) is 5.92 Å². The van der Waals surface area contributed by atoms with Crippen molar-refractivity contribution in [3.63, 3.8) is 0 Å². The summed E-state index contributed by atoms with van der Waals surface area (Å²) in [4.78, 5) is 10.7. The number of phenols is 1. The van der Waals surface area contributed by atoms with Crippen LogP contribution < -0.4 is 5.73 Å². The Kier molecular flexibility index (Phi) is 3.55. The first-order valence-corrected chi connectivity index (χ1v) is 4.78. The number of rotatable bonds is 3. The van der Waals surface area contributed by atoms with Crippen LogP contribution in [0.15, 0.2) is 18.2 Å². The quantitative estimate of drug-likeness (QED) is 0.735. The molecule has 0 amide bonds. The highest BCUT2D eigenvalue weighted by atomic mass is 35.5. The first-order chi connectivity index (χ1) is 6.93. The Morgan fingerprint density at radius 2 is 2.13 bits per heavy atom. The third kappa shape index (κ3) is 2.61. The van der Waals surface area contributed by atoms with Gasteiger partial charge in [-0.1, -0.05) is 24.6 Å². The van der Waals surface area contributed by atoms with E-state index in [1.54, 1.807) is 13.0 Å². The molecule has 2 atom stereocenters. The number of carbonyl (C=O) groups is 1. The Balaban J connectivity index is 2.96. The number of hydrogen-bond donors (Lipinski definition) is 3. The van der Waals surface area contributed by atoms with Crippen LogP contribution in [0.5, 0.6) is 5.75 Å². The van der Waals surface area contributed by atoms with Gasteiger partial charge in [0.25, 0.3) is 0 Å². The van der Waals surface area contributed by atoms with Gasteiger partial charge < -0.3 is 15.9 Å². The molecule has 1 unspecified atom stereocenters. The van der Waals surface area contributed by atoms with E-state index in [0.717, 1.165) is 0 Å². The van der Waals surface area contributed by atoms with E-state index >= 15 is 0 Å². The van der Waals surface area contributed by atoms with E-state index in [2.05, 4.69) is 0 Å². The van der Waals surface area contributed by atoms with E-state index in [1.807, 2.05) is 0 Å². The summed E-state index contributed by atoms with van der Waals surface area (Å²) in [6, 6.07) is 3.56. The van der Waals surface area contributed by atoms with Gasteiger partial charge in [-0.3, -0.25) is 4.79 Å². The first kappa shape index (κ1) is 11.8. The summed E-state index contributed by atoms with van der Waals surface area (Å²) in [7, 11) is 0. The maximum absolute atomic E-state index is 10.7. The van der Waals surface area contributed by atoms with E-state index in [1.165, 1.54) is 12.1 Å². The van der Waals surface area contributed by atoms with Gasteiger partial charge in [-0.2, -0.15) is 0 Å². The highest BCUT2D eigenvalue weighted by molar-refractivity contribution is 6.32. The van der Waals surface area contributed by atoms with E-state index < -0.39 is 12.0 Å². The van der Waals surface area contributed by atoms with E-state index in [4.69, 9.17) is 22.4 Å². The molecule has 0 heterocycles. The predicted octanol–water partition coefficient (Wildman–Crippen LogP) is 1.56. The zero-order valence-electron chi connectivity index (χ0n) is 8.14. The van der Waals surface area contributed by atoms with E-state index in [-0.39, 0.29) is 16.7 Å². The molecule has 5 heteroatoms. The van der Waals surface area contributed by atoms with Crippen LogP contribution in [0.3, 0.4) is 0 Å². The molecular formula is C10H12ClNO3. The summed E-state index contributed by atoms with van der Waals surface area (Å²) in [6.45, 7) is 1.70. The number of halogens is 1. The Morgan fingerprint density at radius 3 is 2.60 bits per heavy atom. The molecule has 1 rings (SSSR count). The lowest BCUT2D eigenvalue weighted by atomic mass is 9.94. The van der Waals surface area contributed by atoms with Crippen LogP contribution in [0.1, 0.15) is 18.4 Å². The van der Waals surface area contributed by atoms with Crippen LogP contribution in [0, 0.1) is 0 Å². The first-order valence-electron chi connectivity index (χ1n) is 4.40. The molecule has 0 aliphatic heterocycles. The molecule has 4 nitrogen and oxygen atoms in total. The van der Waals surface area contributed by atoms with Crippen molar-refractivity contribution in [1.82, 2.24) is 0 Å². The molecule has 1 aromatic carbocycles. The molecule has 0 fully saturated rings. The topological polar surface area (TPSA) is 83.5 Å². The average molecular weight is 230 g/mol. The zero-order chi connectivity index (χ0) is 11.6. The molecule has 0 aromatic heterocycles. The van der Waals surface area contributed by atoms with Gasteiger partial charge in [-0.15, -0.1) is 0 Å². The standard InChI is InChI=1S/C10H12ClNO3/c1-5(9(12)10(14)15)6-2-3-8(13)7(11)4-6/h2-5,9,13H,12H2,1H3,(H,14,15)/t5?,9-/m1/s1. The van der Waals surface area contributed by atoms with Crippen LogP contribution in [-0.2, 0) is 4.79 Å². The molecule has 1 aromatic rings. The molecule has 0 bridgehead atoms. The molecule has 0 saturated carbocycles. The average Bonchev–Trinajstić information content (AvgIpc) is 2.19. The highest BCUT2D eigenvalue weighted by Crippen LogP contribution is 2.28. The van der Waals surface area contributed by atoms with Crippen LogP contribution in [-0.4, -0.2) is 22.2 Å². The van der Waals surface area contributed by atoms with E-state index in [9.17, 15) is 9.90 Å². The maximum Gasteiger partial charge on any atom is 0.321 e. The third-order valence-electron chi connectivity index (χ3n) is 2.32. The molecule has 15 heavy (non-hydrogen) atoms. The van der Waals surface area contributed by atoms with Crippen molar-refractivity contribution in [2.75, 3.05) is 0 Å². The number of benzene rings is 1. The van der Waals surface area contributed by atoms with Crippen molar-refractivity contribution in [2.24, 2.45) is 5.73 Å². The summed E-state index contributed by atoms with van der Waals surface area (Å²) in [5.41, 5.74) is 6.16. The van der Waals surface area contributed by atoms with Gasteiger partial charge in [0.15, 0.2) is 0 Å². The molecule has 0 aliphatic rings. The normalized spacial score (nSPS) is 14.6. The molecule has 0 spiro atoms. The fourth-order valence-electron chi connectivity index (χ4n) is 1.23. The maximum atomic E-state index is 10.7. The lowest BCUT2D eigenvalue weighted by molar-refractivity contribution is -0.139. The fourth-order valence-corrected chi connectivity index (χ4v) is 1.42. The number of hydrogen-bond acceptors (Lipinski definition) is 3. The number of aliphatic carboxylic acids is 1. The SMILES string of the molecule is CC(c1ccc(O)c(Cl)c1)[C@@H](N)C(=O)O. The van der Waals surface area contributed by atoms with Gasteiger partial charge in [0.05, 0.1) is 5.02 Å². The van der Waals surface area contributed by atoms with Crippen LogP contribution in [0.2, 0.25) is 5.02 Å². The second-order valence-corrected chi connectivity index (χ2v) is 3.77. The van der Waals surface area contributed by atoms with Gasteiger partial charge in [-0.25, -0.2) is 0 Å². The van der Waals surface area contributed by atoms with Gasteiger partial charge >= 0.3 is 5.97 Å².